The normalized spacial score (nSPS) is 16.7. The molecule has 0 bridgehead atoms. The molecule has 1 unspecified atom stereocenters. The van der Waals surface area contributed by atoms with Gasteiger partial charge < -0.3 is 20.5 Å². The SMILES string of the molecule is CCCCCC(O)(CC)c1cc(C)cc(-c2cnc(N)c(Oc3cnn(C4CCN(C)CC4)c3)n2)c1. The minimum Gasteiger partial charge on any atom is -0.433 e. The van der Waals surface area contributed by atoms with Crippen LogP contribution in [0.2, 0.25) is 0 Å². The van der Waals surface area contributed by atoms with Crippen molar-refractivity contribution in [2.24, 2.45) is 0 Å². The lowest BCUT2D eigenvalue weighted by Crippen LogP contribution is -2.31. The van der Waals surface area contributed by atoms with Crippen LogP contribution in [0.5, 0.6) is 11.6 Å². The van der Waals surface area contributed by atoms with Crippen molar-refractivity contribution >= 4 is 5.82 Å². The van der Waals surface area contributed by atoms with Gasteiger partial charge in [-0.3, -0.25) is 4.68 Å². The van der Waals surface area contributed by atoms with Gasteiger partial charge in [-0.15, -0.1) is 0 Å². The van der Waals surface area contributed by atoms with Gasteiger partial charge in [0, 0.05) is 5.56 Å². The van der Waals surface area contributed by atoms with E-state index in [9.17, 15) is 5.11 Å². The summed E-state index contributed by atoms with van der Waals surface area (Å²) < 4.78 is 8.02. The van der Waals surface area contributed by atoms with Gasteiger partial charge in [0.25, 0.3) is 5.88 Å². The molecule has 1 atom stereocenters. The number of benzene rings is 1. The lowest BCUT2D eigenvalue weighted by molar-refractivity contribution is 0.0208. The number of aromatic nitrogens is 4. The molecule has 36 heavy (non-hydrogen) atoms. The molecule has 8 nitrogen and oxygen atoms in total. The summed E-state index contributed by atoms with van der Waals surface area (Å²) in [5.74, 6) is 1.07. The molecular formula is C28H40N6O2. The first-order valence-corrected chi connectivity index (χ1v) is 13.2. The van der Waals surface area contributed by atoms with E-state index in [-0.39, 0.29) is 11.7 Å². The number of unbranched alkanes of at least 4 members (excludes halogenated alkanes) is 2. The summed E-state index contributed by atoms with van der Waals surface area (Å²) in [6, 6.07) is 6.50. The fourth-order valence-corrected chi connectivity index (χ4v) is 4.93. The van der Waals surface area contributed by atoms with Crippen molar-refractivity contribution in [1.82, 2.24) is 24.6 Å². The van der Waals surface area contributed by atoms with E-state index in [2.05, 4.69) is 35.0 Å². The summed E-state index contributed by atoms with van der Waals surface area (Å²) in [5, 5.41) is 16.0. The number of ether oxygens (including phenoxy) is 1. The zero-order chi connectivity index (χ0) is 25.7. The average Bonchev–Trinajstić information content (AvgIpc) is 3.34. The maximum absolute atomic E-state index is 11.4. The number of likely N-dealkylation sites (tertiary alicyclic amines) is 1. The summed E-state index contributed by atoms with van der Waals surface area (Å²) in [6.07, 6.45) is 12.0. The molecule has 3 aromatic rings. The van der Waals surface area contributed by atoms with E-state index in [0.29, 0.717) is 23.9 Å². The number of hydrogen-bond donors (Lipinski definition) is 2. The summed E-state index contributed by atoms with van der Waals surface area (Å²) >= 11 is 0. The fraction of sp³-hybridized carbons (Fsp3) is 0.536. The second kappa shape index (κ2) is 11.4. The average molecular weight is 493 g/mol. The van der Waals surface area contributed by atoms with Gasteiger partial charge in [-0.05, 0) is 70.4 Å². The maximum Gasteiger partial charge on any atom is 0.263 e. The van der Waals surface area contributed by atoms with Crippen molar-refractivity contribution in [2.45, 2.75) is 77.4 Å². The Balaban J connectivity index is 1.56. The molecule has 1 fully saturated rings. The number of aliphatic hydroxyl groups is 1. The van der Waals surface area contributed by atoms with E-state index in [4.69, 9.17) is 15.5 Å². The molecular weight excluding hydrogens is 452 g/mol. The summed E-state index contributed by atoms with van der Waals surface area (Å²) in [4.78, 5) is 11.4. The predicted molar refractivity (Wildman–Crippen MR) is 143 cm³/mol. The van der Waals surface area contributed by atoms with Gasteiger partial charge in [0.1, 0.15) is 0 Å². The van der Waals surface area contributed by atoms with Gasteiger partial charge in [-0.2, -0.15) is 5.10 Å². The molecule has 1 saturated heterocycles. The zero-order valence-corrected chi connectivity index (χ0v) is 22.1. The molecule has 0 aliphatic carbocycles. The van der Waals surface area contributed by atoms with Crippen molar-refractivity contribution in [3.8, 4) is 22.9 Å². The number of nitrogen functional groups attached to an aromatic ring is 1. The van der Waals surface area contributed by atoms with Crippen LogP contribution in [-0.2, 0) is 5.60 Å². The van der Waals surface area contributed by atoms with Gasteiger partial charge in [0.2, 0.25) is 0 Å². The van der Waals surface area contributed by atoms with Crippen LogP contribution in [0.15, 0.2) is 36.8 Å². The van der Waals surface area contributed by atoms with Crippen LogP contribution in [0.4, 0.5) is 5.82 Å². The maximum atomic E-state index is 11.4. The summed E-state index contributed by atoms with van der Waals surface area (Å²) in [6.45, 7) is 8.37. The second-order valence-electron chi connectivity index (χ2n) is 10.2. The molecule has 8 heteroatoms. The highest BCUT2D eigenvalue weighted by atomic mass is 16.5. The Hall–Kier alpha value is -2.97. The molecule has 0 amide bonds. The van der Waals surface area contributed by atoms with Crippen molar-refractivity contribution < 1.29 is 9.84 Å². The van der Waals surface area contributed by atoms with Crippen LogP contribution >= 0.6 is 0 Å². The van der Waals surface area contributed by atoms with Gasteiger partial charge in [0.05, 0.1) is 35.9 Å². The minimum absolute atomic E-state index is 0.225. The number of piperidine rings is 1. The summed E-state index contributed by atoms with van der Waals surface area (Å²) in [7, 11) is 2.15. The standard InChI is InChI=1S/C28H40N6O2/c1-5-7-8-11-28(35,6-2)22-15-20(3)14-21(16-22)25-18-30-26(29)27(32-25)36-24-17-31-34(19-24)23-9-12-33(4)13-10-23/h14-19,23,35H,5-13H2,1-4H3,(H2,29,30). The Morgan fingerprint density at radius 1 is 1.14 bits per heavy atom. The monoisotopic (exact) mass is 492 g/mol. The lowest BCUT2D eigenvalue weighted by atomic mass is 9.84. The van der Waals surface area contributed by atoms with Crippen LogP contribution in [0.1, 0.15) is 76.0 Å². The van der Waals surface area contributed by atoms with Crippen LogP contribution in [0.3, 0.4) is 0 Å². The molecule has 1 aliphatic heterocycles. The van der Waals surface area contributed by atoms with Gasteiger partial charge >= 0.3 is 0 Å². The Labute approximate surface area is 214 Å². The van der Waals surface area contributed by atoms with Crippen LogP contribution in [0.25, 0.3) is 11.3 Å². The zero-order valence-electron chi connectivity index (χ0n) is 22.1. The number of hydrogen-bond acceptors (Lipinski definition) is 7. The van der Waals surface area contributed by atoms with Crippen molar-refractivity contribution in [1.29, 1.82) is 0 Å². The molecule has 194 valence electrons. The molecule has 0 saturated carbocycles. The molecule has 0 spiro atoms. The Morgan fingerprint density at radius 3 is 2.64 bits per heavy atom. The minimum atomic E-state index is -0.862. The van der Waals surface area contributed by atoms with Crippen molar-refractivity contribution in [3.63, 3.8) is 0 Å². The van der Waals surface area contributed by atoms with E-state index in [0.717, 1.165) is 68.3 Å². The van der Waals surface area contributed by atoms with E-state index in [1.54, 1.807) is 12.4 Å². The first kappa shape index (κ1) is 26.1. The Morgan fingerprint density at radius 2 is 1.92 bits per heavy atom. The smallest absolute Gasteiger partial charge is 0.263 e. The fourth-order valence-electron chi connectivity index (χ4n) is 4.93. The molecule has 4 rings (SSSR count). The molecule has 1 aromatic carbocycles. The topological polar surface area (TPSA) is 102 Å². The number of aryl methyl sites for hydroxylation is 1. The van der Waals surface area contributed by atoms with Gasteiger partial charge in [-0.1, -0.05) is 44.7 Å². The van der Waals surface area contributed by atoms with E-state index in [1.165, 1.54) is 0 Å². The van der Waals surface area contributed by atoms with Crippen LogP contribution in [0, 0.1) is 6.92 Å². The molecule has 2 aromatic heterocycles. The first-order valence-electron chi connectivity index (χ1n) is 13.2. The molecule has 3 heterocycles. The van der Waals surface area contributed by atoms with Crippen LogP contribution in [-0.4, -0.2) is 49.9 Å². The van der Waals surface area contributed by atoms with E-state index < -0.39 is 5.60 Å². The van der Waals surface area contributed by atoms with Gasteiger partial charge in [0.15, 0.2) is 11.6 Å². The van der Waals surface area contributed by atoms with E-state index in [1.807, 2.05) is 36.9 Å². The van der Waals surface area contributed by atoms with Gasteiger partial charge in [-0.25, -0.2) is 9.97 Å². The third-order valence-corrected chi connectivity index (χ3v) is 7.31. The Kier molecular flexibility index (Phi) is 8.26. The molecule has 1 aliphatic rings. The third kappa shape index (κ3) is 6.05. The first-order chi connectivity index (χ1) is 17.3. The van der Waals surface area contributed by atoms with Crippen molar-refractivity contribution in [2.75, 3.05) is 25.9 Å². The highest BCUT2D eigenvalue weighted by Crippen LogP contribution is 2.35. The van der Waals surface area contributed by atoms with Crippen molar-refractivity contribution in [3.05, 3.63) is 47.9 Å². The quantitative estimate of drug-likeness (QED) is 0.362. The number of nitrogens with zero attached hydrogens (tertiary/aromatic N) is 5. The lowest BCUT2D eigenvalue weighted by Gasteiger charge is -2.28. The number of anilines is 1. The number of nitrogens with two attached hydrogens (primary N) is 1. The third-order valence-electron chi connectivity index (χ3n) is 7.31. The largest absolute Gasteiger partial charge is 0.433 e. The highest BCUT2D eigenvalue weighted by Gasteiger charge is 2.27. The molecule has 0 radical (unpaired) electrons. The number of rotatable bonds is 10. The second-order valence-corrected chi connectivity index (χ2v) is 10.2. The van der Waals surface area contributed by atoms with E-state index >= 15 is 0 Å². The van der Waals surface area contributed by atoms with Crippen LogP contribution < -0.4 is 10.5 Å². The Bertz CT molecular complexity index is 1150. The predicted octanol–water partition coefficient (Wildman–Crippen LogP) is 5.47. The summed E-state index contributed by atoms with van der Waals surface area (Å²) in [5.41, 5.74) is 8.77. The highest BCUT2D eigenvalue weighted by molar-refractivity contribution is 5.63. The molecule has 3 N–H and O–H groups in total.